The van der Waals surface area contributed by atoms with Crippen LogP contribution in [0.4, 0.5) is 0 Å². The standard InChI is InChI=1S/C5H9N3.H4O7P2.H2O/c6-2-1-5-3-7-4-8-5;1-8(2,3)7-9(4,5)6;/h3-4H,1-2,6H2,(H,7,8);(H2,1,2,3)(H2,4,5,6);1H2. The van der Waals surface area contributed by atoms with Crippen LogP contribution in [0.2, 0.25) is 0 Å². The van der Waals surface area contributed by atoms with Gasteiger partial charge in [0.1, 0.15) is 0 Å². The minimum atomic E-state index is -5.05. The lowest BCUT2D eigenvalue weighted by Crippen LogP contribution is -2.02. The average Bonchev–Trinajstić information content (AvgIpc) is 2.51. The molecule has 1 rings (SSSR count). The molecule has 0 atom stereocenters. The molecule has 0 saturated heterocycles. The molecular formula is C5H15N3O8P2. The van der Waals surface area contributed by atoms with Gasteiger partial charge in [-0.15, -0.1) is 0 Å². The van der Waals surface area contributed by atoms with E-state index in [1.54, 1.807) is 6.33 Å². The van der Waals surface area contributed by atoms with E-state index in [0.717, 1.165) is 12.1 Å². The van der Waals surface area contributed by atoms with Crippen LogP contribution < -0.4 is 5.73 Å². The van der Waals surface area contributed by atoms with Crippen molar-refractivity contribution in [1.29, 1.82) is 0 Å². The number of hydrogen-bond acceptors (Lipinski definition) is 5. The summed E-state index contributed by atoms with van der Waals surface area (Å²) in [6, 6.07) is 0. The Kier molecular flexibility index (Phi) is 9.30. The smallest absolute Gasteiger partial charge is 0.412 e. The van der Waals surface area contributed by atoms with Crippen molar-refractivity contribution >= 4 is 15.6 Å². The summed E-state index contributed by atoms with van der Waals surface area (Å²) >= 11 is 0. The molecule has 0 aliphatic heterocycles. The number of nitrogens with zero attached hydrogens (tertiary/aromatic N) is 1. The number of hydrogen-bond donors (Lipinski definition) is 6. The SMILES string of the molecule is NCCc1c[nH]cn1.O.O=P(O)(O)OP(=O)(O)O. The Morgan fingerprint density at radius 3 is 2.00 bits per heavy atom. The summed E-state index contributed by atoms with van der Waals surface area (Å²) in [6.07, 6.45) is 4.38. The van der Waals surface area contributed by atoms with Gasteiger partial charge in [-0.05, 0) is 6.54 Å². The molecule has 0 aliphatic carbocycles. The third-order valence-corrected chi connectivity index (χ3v) is 2.87. The van der Waals surface area contributed by atoms with Gasteiger partial charge in [-0.2, -0.15) is 4.31 Å². The van der Waals surface area contributed by atoms with Gasteiger partial charge >= 0.3 is 15.6 Å². The van der Waals surface area contributed by atoms with E-state index in [0.29, 0.717) is 6.54 Å². The number of imidazole rings is 1. The predicted octanol–water partition coefficient (Wildman–Crippen LogP) is -1.73. The summed E-state index contributed by atoms with van der Waals surface area (Å²) in [5, 5.41) is 0. The normalized spacial score (nSPS) is 11.2. The molecule has 1 aromatic rings. The Balaban J connectivity index is 0. The number of rotatable bonds is 4. The Hall–Kier alpha value is -0.610. The first-order valence-corrected chi connectivity index (χ1v) is 7.20. The number of nitrogens with one attached hydrogen (secondary N) is 1. The number of nitrogens with two attached hydrogens (primary N) is 1. The first-order chi connectivity index (χ1) is 7.64. The van der Waals surface area contributed by atoms with Gasteiger partial charge in [-0.3, -0.25) is 0 Å². The van der Waals surface area contributed by atoms with Crippen LogP contribution in [0, 0.1) is 0 Å². The minimum absolute atomic E-state index is 0. The zero-order valence-electron chi connectivity index (χ0n) is 9.00. The quantitative estimate of drug-likeness (QED) is 0.348. The summed E-state index contributed by atoms with van der Waals surface area (Å²) in [6.45, 7) is 0.671. The first-order valence-electron chi connectivity index (χ1n) is 4.14. The number of phosphoric acid groups is 2. The lowest BCUT2D eigenvalue weighted by Gasteiger charge is -2.03. The van der Waals surface area contributed by atoms with Crippen LogP contribution in [0.3, 0.4) is 0 Å². The van der Waals surface area contributed by atoms with Gasteiger partial charge in [-0.1, -0.05) is 0 Å². The molecule has 0 radical (unpaired) electrons. The first kappa shape index (κ1) is 19.7. The van der Waals surface area contributed by atoms with E-state index in [2.05, 4.69) is 14.3 Å². The van der Waals surface area contributed by atoms with Crippen LogP contribution >= 0.6 is 15.6 Å². The molecular weight excluding hydrogens is 292 g/mol. The van der Waals surface area contributed by atoms with Crippen molar-refractivity contribution in [3.05, 3.63) is 18.2 Å². The molecule has 0 aromatic carbocycles. The van der Waals surface area contributed by atoms with Gasteiger partial charge in [-0.25, -0.2) is 14.1 Å². The highest BCUT2D eigenvalue weighted by molar-refractivity contribution is 7.60. The Morgan fingerprint density at radius 2 is 1.78 bits per heavy atom. The Labute approximate surface area is 102 Å². The Bertz CT molecular complexity index is 377. The van der Waals surface area contributed by atoms with Crippen molar-refractivity contribution in [3.63, 3.8) is 0 Å². The van der Waals surface area contributed by atoms with Crippen LogP contribution in [-0.4, -0.2) is 41.6 Å². The van der Waals surface area contributed by atoms with Crippen molar-refractivity contribution < 1.29 is 38.5 Å². The number of H-pyrrole nitrogens is 1. The molecule has 0 unspecified atom stereocenters. The lowest BCUT2D eigenvalue weighted by molar-refractivity contribution is 0.225. The maximum Gasteiger partial charge on any atom is 0.478 e. The van der Waals surface area contributed by atoms with Crippen molar-refractivity contribution in [2.75, 3.05) is 6.54 Å². The summed E-state index contributed by atoms with van der Waals surface area (Å²) in [5.74, 6) is 0. The van der Waals surface area contributed by atoms with E-state index in [1.165, 1.54) is 0 Å². The fourth-order valence-electron chi connectivity index (χ4n) is 0.714. The Morgan fingerprint density at radius 1 is 1.28 bits per heavy atom. The van der Waals surface area contributed by atoms with E-state index in [9.17, 15) is 9.13 Å². The average molecular weight is 307 g/mol. The summed E-state index contributed by atoms with van der Waals surface area (Å²) in [5.41, 5.74) is 6.30. The van der Waals surface area contributed by atoms with E-state index in [-0.39, 0.29) is 5.48 Å². The molecule has 0 saturated carbocycles. The molecule has 11 nitrogen and oxygen atoms in total. The molecule has 9 N–H and O–H groups in total. The largest absolute Gasteiger partial charge is 0.478 e. The topological polar surface area (TPSA) is 210 Å². The van der Waals surface area contributed by atoms with Gasteiger partial charge in [0.15, 0.2) is 0 Å². The second kappa shape index (κ2) is 8.48. The number of aromatic nitrogens is 2. The molecule has 0 bridgehead atoms. The van der Waals surface area contributed by atoms with Gasteiger partial charge in [0.05, 0.1) is 12.0 Å². The van der Waals surface area contributed by atoms with Gasteiger partial charge in [0.25, 0.3) is 0 Å². The molecule has 0 aliphatic rings. The third-order valence-electron chi connectivity index (χ3n) is 1.17. The van der Waals surface area contributed by atoms with Crippen LogP contribution in [-0.2, 0) is 19.9 Å². The van der Waals surface area contributed by atoms with Crippen LogP contribution in [0.25, 0.3) is 0 Å². The second-order valence-electron chi connectivity index (χ2n) is 2.66. The molecule has 0 fully saturated rings. The van der Waals surface area contributed by atoms with E-state index in [1.807, 2.05) is 6.20 Å². The van der Waals surface area contributed by atoms with Gasteiger partial charge in [0, 0.05) is 12.6 Å². The van der Waals surface area contributed by atoms with Gasteiger partial charge in [0.2, 0.25) is 0 Å². The van der Waals surface area contributed by atoms with Crippen molar-refractivity contribution in [2.45, 2.75) is 6.42 Å². The van der Waals surface area contributed by atoms with Crippen LogP contribution in [0.15, 0.2) is 12.5 Å². The molecule has 0 spiro atoms. The predicted molar refractivity (Wildman–Crippen MR) is 60.1 cm³/mol. The number of aromatic amines is 1. The monoisotopic (exact) mass is 307 g/mol. The van der Waals surface area contributed by atoms with E-state index < -0.39 is 15.6 Å². The zero-order valence-corrected chi connectivity index (χ0v) is 10.8. The highest BCUT2D eigenvalue weighted by atomic mass is 31.3. The molecule has 108 valence electrons. The molecule has 18 heavy (non-hydrogen) atoms. The summed E-state index contributed by atoms with van der Waals surface area (Å²) < 4.78 is 22.2. The van der Waals surface area contributed by atoms with E-state index >= 15 is 0 Å². The maximum absolute atomic E-state index is 9.63. The van der Waals surface area contributed by atoms with Crippen LogP contribution in [0.5, 0.6) is 0 Å². The highest BCUT2D eigenvalue weighted by Crippen LogP contribution is 2.53. The molecule has 1 heterocycles. The fourth-order valence-corrected chi connectivity index (χ4v) is 1.82. The third kappa shape index (κ3) is 13.5. The maximum atomic E-state index is 9.63. The summed E-state index contributed by atoms with van der Waals surface area (Å²) in [4.78, 5) is 37.8. The van der Waals surface area contributed by atoms with Gasteiger partial charge < -0.3 is 35.8 Å². The molecule has 1 aromatic heterocycles. The lowest BCUT2D eigenvalue weighted by atomic mass is 10.3. The molecule has 13 heteroatoms. The van der Waals surface area contributed by atoms with Crippen LogP contribution in [0.1, 0.15) is 5.69 Å². The molecule has 0 amide bonds. The minimum Gasteiger partial charge on any atom is -0.412 e. The van der Waals surface area contributed by atoms with Crippen molar-refractivity contribution in [1.82, 2.24) is 9.97 Å². The fraction of sp³-hybridized carbons (Fsp3) is 0.400. The second-order valence-corrected chi connectivity index (χ2v) is 5.28. The van der Waals surface area contributed by atoms with E-state index in [4.69, 9.17) is 25.3 Å². The van der Waals surface area contributed by atoms with Crippen molar-refractivity contribution in [2.24, 2.45) is 5.73 Å². The summed E-state index contributed by atoms with van der Waals surface area (Å²) in [7, 11) is -10.1. The van der Waals surface area contributed by atoms with Crippen molar-refractivity contribution in [3.8, 4) is 0 Å². The zero-order chi connectivity index (χ0) is 13.5. The highest BCUT2D eigenvalue weighted by Gasteiger charge is 2.27.